The number of aliphatic hydroxyl groups excluding tert-OH is 1. The maximum atomic E-state index is 15.3. The van der Waals surface area contributed by atoms with Gasteiger partial charge in [-0.15, -0.1) is 0 Å². The fourth-order valence-electron chi connectivity index (χ4n) is 5.13. The number of aryl methyl sites for hydroxylation is 2. The molecule has 0 bridgehead atoms. The molecule has 0 amide bonds. The molecule has 11 heteroatoms. The van der Waals surface area contributed by atoms with Gasteiger partial charge in [-0.25, -0.2) is 18.7 Å². The van der Waals surface area contributed by atoms with Gasteiger partial charge in [-0.3, -0.25) is 4.90 Å². The number of hydrogen-bond acceptors (Lipinski definition) is 9. The standard InChI is InChI=1S/C28H36F2N6O3/c1-15-26(25-16(2)35-39-17(25)3)33-28(21-11-20(7-8-22(21)29)38-14-19(37)12-31-4)34-27(15)32-24-9-10-36(13-23(24)30)18-5-6-18/h7-8,11,18-19,23-24,31,37H,5-6,9-10,12-14H2,1-4H3,(H,32,33,34)/t19-,23+,24-/m0/s1. The van der Waals surface area contributed by atoms with E-state index in [0.717, 1.165) is 19.4 Å². The van der Waals surface area contributed by atoms with E-state index in [4.69, 9.17) is 14.2 Å². The van der Waals surface area contributed by atoms with E-state index in [1.54, 1.807) is 14.0 Å². The molecule has 1 aliphatic heterocycles. The third-order valence-electron chi connectivity index (χ3n) is 7.44. The molecule has 5 rings (SSSR count). The number of aliphatic hydroxyl groups is 1. The third kappa shape index (κ3) is 6.05. The highest BCUT2D eigenvalue weighted by Crippen LogP contribution is 2.36. The van der Waals surface area contributed by atoms with Crippen LogP contribution in [0.25, 0.3) is 22.6 Å². The van der Waals surface area contributed by atoms with Crippen LogP contribution < -0.4 is 15.4 Å². The van der Waals surface area contributed by atoms with Crippen LogP contribution in [-0.4, -0.2) is 82.8 Å². The number of aromatic nitrogens is 3. The second kappa shape index (κ2) is 11.5. The maximum absolute atomic E-state index is 15.3. The summed E-state index contributed by atoms with van der Waals surface area (Å²) in [5.41, 5.74) is 2.71. The average Bonchev–Trinajstić information content (AvgIpc) is 3.71. The predicted molar refractivity (Wildman–Crippen MR) is 144 cm³/mol. The van der Waals surface area contributed by atoms with Gasteiger partial charge < -0.3 is 25.0 Å². The summed E-state index contributed by atoms with van der Waals surface area (Å²) in [4.78, 5) is 11.7. The van der Waals surface area contributed by atoms with Crippen LogP contribution in [0.15, 0.2) is 22.7 Å². The molecule has 1 saturated carbocycles. The second-order valence-corrected chi connectivity index (χ2v) is 10.5. The zero-order valence-electron chi connectivity index (χ0n) is 22.8. The third-order valence-corrected chi connectivity index (χ3v) is 7.44. The number of hydrogen-bond donors (Lipinski definition) is 3. The van der Waals surface area contributed by atoms with Crippen LogP contribution in [0.3, 0.4) is 0 Å². The highest BCUT2D eigenvalue weighted by atomic mass is 19.1. The van der Waals surface area contributed by atoms with Crippen LogP contribution in [0.4, 0.5) is 14.6 Å². The lowest BCUT2D eigenvalue weighted by Gasteiger charge is -2.35. The lowest BCUT2D eigenvalue weighted by molar-refractivity contribution is 0.108. The van der Waals surface area contributed by atoms with Gasteiger partial charge in [0.15, 0.2) is 5.82 Å². The van der Waals surface area contributed by atoms with Gasteiger partial charge in [-0.2, -0.15) is 0 Å². The summed E-state index contributed by atoms with van der Waals surface area (Å²) in [5.74, 6) is 0.984. The van der Waals surface area contributed by atoms with Gasteiger partial charge in [-0.1, -0.05) is 5.16 Å². The van der Waals surface area contributed by atoms with Gasteiger partial charge in [0.25, 0.3) is 0 Å². The van der Waals surface area contributed by atoms with Crippen molar-refractivity contribution in [2.45, 2.75) is 64.4 Å². The molecule has 3 aromatic rings. The number of benzene rings is 1. The number of rotatable bonds is 10. The fourth-order valence-corrected chi connectivity index (χ4v) is 5.13. The lowest BCUT2D eigenvalue weighted by atomic mass is 10.0. The van der Waals surface area contributed by atoms with E-state index in [1.165, 1.54) is 18.2 Å². The molecular formula is C28H36F2N6O3. The molecule has 9 nitrogen and oxygen atoms in total. The second-order valence-electron chi connectivity index (χ2n) is 10.5. The Hall–Kier alpha value is -3.15. The van der Waals surface area contributed by atoms with E-state index in [9.17, 15) is 5.11 Å². The molecule has 0 unspecified atom stereocenters. The molecular weight excluding hydrogens is 506 g/mol. The number of halogens is 2. The molecule has 1 aromatic carbocycles. The molecule has 2 fully saturated rings. The summed E-state index contributed by atoms with van der Waals surface area (Å²) < 4.78 is 41.5. The number of piperidine rings is 1. The summed E-state index contributed by atoms with van der Waals surface area (Å²) >= 11 is 0. The zero-order chi connectivity index (χ0) is 27.7. The average molecular weight is 543 g/mol. The minimum Gasteiger partial charge on any atom is -0.491 e. The first-order valence-electron chi connectivity index (χ1n) is 13.5. The topological polar surface area (TPSA) is 109 Å². The SMILES string of the molecule is CNC[C@H](O)COc1ccc(F)c(-c2nc(N[C@H]3CCN(C4CC4)C[C@H]3F)c(C)c(-c3c(C)noc3C)n2)c1. The van der Waals surface area contributed by atoms with Crippen LogP contribution in [0, 0.1) is 26.6 Å². The van der Waals surface area contributed by atoms with E-state index in [-0.39, 0.29) is 18.0 Å². The van der Waals surface area contributed by atoms with Gasteiger partial charge in [-0.05, 0) is 65.3 Å². The number of anilines is 1. The Morgan fingerprint density at radius 1 is 1.21 bits per heavy atom. The maximum Gasteiger partial charge on any atom is 0.165 e. The zero-order valence-corrected chi connectivity index (χ0v) is 22.8. The Morgan fingerprint density at radius 3 is 2.67 bits per heavy atom. The summed E-state index contributed by atoms with van der Waals surface area (Å²) in [6, 6.07) is 4.38. The van der Waals surface area contributed by atoms with Crippen molar-refractivity contribution in [1.29, 1.82) is 0 Å². The number of nitrogens with one attached hydrogen (secondary N) is 2. The summed E-state index contributed by atoms with van der Waals surface area (Å²) in [6.07, 6.45) is 1.15. The molecule has 0 radical (unpaired) electrons. The van der Waals surface area contributed by atoms with Crippen molar-refractivity contribution >= 4 is 5.82 Å². The van der Waals surface area contributed by atoms with Crippen molar-refractivity contribution in [3.05, 3.63) is 41.0 Å². The van der Waals surface area contributed by atoms with E-state index in [0.29, 0.717) is 65.4 Å². The van der Waals surface area contributed by atoms with Crippen LogP contribution in [-0.2, 0) is 0 Å². The normalized spacial score (nSPS) is 20.7. The first kappa shape index (κ1) is 27.4. The van der Waals surface area contributed by atoms with Crippen molar-refractivity contribution in [1.82, 2.24) is 25.3 Å². The summed E-state index contributed by atoms with van der Waals surface area (Å²) in [6.45, 7) is 7.08. The number of likely N-dealkylation sites (tertiary alicyclic amines) is 1. The van der Waals surface area contributed by atoms with E-state index in [1.807, 2.05) is 13.8 Å². The lowest BCUT2D eigenvalue weighted by Crippen LogP contribution is -2.48. The Morgan fingerprint density at radius 2 is 2.00 bits per heavy atom. The van der Waals surface area contributed by atoms with E-state index >= 15 is 8.78 Å². The van der Waals surface area contributed by atoms with Gasteiger partial charge in [0.2, 0.25) is 0 Å². The molecule has 210 valence electrons. The van der Waals surface area contributed by atoms with Crippen molar-refractivity contribution in [3.63, 3.8) is 0 Å². The number of alkyl halides is 1. The summed E-state index contributed by atoms with van der Waals surface area (Å²) in [7, 11) is 1.73. The van der Waals surface area contributed by atoms with Crippen LogP contribution in [0.2, 0.25) is 0 Å². The number of nitrogens with zero attached hydrogens (tertiary/aromatic N) is 4. The monoisotopic (exact) mass is 542 g/mol. The predicted octanol–water partition coefficient (Wildman–Crippen LogP) is 3.81. The van der Waals surface area contributed by atoms with Crippen LogP contribution in [0.5, 0.6) is 5.75 Å². The van der Waals surface area contributed by atoms with E-state index < -0.39 is 24.1 Å². The fraction of sp³-hybridized carbons (Fsp3) is 0.536. The van der Waals surface area contributed by atoms with Crippen LogP contribution in [0.1, 0.15) is 36.3 Å². The Bertz CT molecular complexity index is 1300. The molecule has 3 heterocycles. The highest BCUT2D eigenvalue weighted by Gasteiger charge is 2.37. The van der Waals surface area contributed by atoms with Crippen molar-refractivity contribution in [3.8, 4) is 28.4 Å². The van der Waals surface area contributed by atoms with Gasteiger partial charge in [0.1, 0.15) is 42.0 Å². The minimum absolute atomic E-state index is 0.0369. The molecule has 2 aliphatic rings. The molecule has 3 atom stereocenters. The first-order valence-corrected chi connectivity index (χ1v) is 13.5. The van der Waals surface area contributed by atoms with Crippen molar-refractivity contribution < 1.29 is 23.1 Å². The number of likely N-dealkylation sites (N-methyl/N-ethyl adjacent to an activating group) is 1. The Kier molecular flexibility index (Phi) is 8.11. The first-order chi connectivity index (χ1) is 18.7. The van der Waals surface area contributed by atoms with Gasteiger partial charge in [0, 0.05) is 31.2 Å². The van der Waals surface area contributed by atoms with Gasteiger partial charge in [0.05, 0.1) is 28.6 Å². The smallest absolute Gasteiger partial charge is 0.165 e. The van der Waals surface area contributed by atoms with Crippen molar-refractivity contribution in [2.24, 2.45) is 0 Å². The molecule has 3 N–H and O–H groups in total. The minimum atomic E-state index is -1.06. The quantitative estimate of drug-likeness (QED) is 0.352. The molecule has 39 heavy (non-hydrogen) atoms. The Balaban J connectivity index is 1.50. The van der Waals surface area contributed by atoms with Crippen molar-refractivity contribution in [2.75, 3.05) is 38.6 Å². The molecule has 0 spiro atoms. The largest absolute Gasteiger partial charge is 0.491 e. The van der Waals surface area contributed by atoms with Crippen LogP contribution >= 0.6 is 0 Å². The molecule has 1 saturated heterocycles. The Labute approximate surface area is 227 Å². The summed E-state index contributed by atoms with van der Waals surface area (Å²) in [5, 5.41) is 20.3. The van der Waals surface area contributed by atoms with E-state index in [2.05, 4.69) is 25.7 Å². The van der Waals surface area contributed by atoms with Gasteiger partial charge >= 0.3 is 0 Å². The highest BCUT2D eigenvalue weighted by molar-refractivity contribution is 5.74. The number of ether oxygens (including phenoxy) is 1. The molecule has 2 aromatic heterocycles. The molecule has 1 aliphatic carbocycles.